The first-order valence-corrected chi connectivity index (χ1v) is 5.50. The second kappa shape index (κ2) is 4.73. The van der Waals surface area contributed by atoms with Crippen LogP contribution in [-0.4, -0.2) is 19.8 Å². The maximum absolute atomic E-state index is 5.83. The third-order valence-electron chi connectivity index (χ3n) is 2.62. The maximum Gasteiger partial charge on any atom is 0.0575 e. The summed E-state index contributed by atoms with van der Waals surface area (Å²) in [6.45, 7) is 2.63. The number of nitrogens with two attached hydrogens (primary N) is 1. The second-order valence-corrected chi connectivity index (χ2v) is 4.28. The topological polar surface area (TPSA) is 47.3 Å². The van der Waals surface area contributed by atoms with Gasteiger partial charge in [0.25, 0.3) is 0 Å². The molecule has 1 aliphatic rings. The van der Waals surface area contributed by atoms with Crippen LogP contribution in [0.4, 0.5) is 11.4 Å². The van der Waals surface area contributed by atoms with Crippen LogP contribution in [-0.2, 0) is 4.74 Å². The predicted octanol–water partition coefficient (Wildman–Crippen LogP) is 2.37. The molecule has 1 saturated heterocycles. The summed E-state index contributed by atoms with van der Waals surface area (Å²) in [7, 11) is 0. The van der Waals surface area contributed by atoms with Crippen molar-refractivity contribution in [3.8, 4) is 0 Å². The van der Waals surface area contributed by atoms with E-state index in [1.165, 1.54) is 0 Å². The van der Waals surface area contributed by atoms with E-state index in [4.69, 9.17) is 22.1 Å². The number of hydrogen-bond acceptors (Lipinski definition) is 3. The fourth-order valence-electron chi connectivity index (χ4n) is 1.69. The average molecular weight is 227 g/mol. The summed E-state index contributed by atoms with van der Waals surface area (Å²) in [6, 6.07) is 5.51. The van der Waals surface area contributed by atoms with Crippen LogP contribution in [0.3, 0.4) is 0 Å². The minimum absolute atomic E-state index is 0.597. The molecule has 4 heteroatoms. The third kappa shape index (κ3) is 2.76. The molecule has 0 spiro atoms. The van der Waals surface area contributed by atoms with Crippen molar-refractivity contribution in [3.05, 3.63) is 23.2 Å². The summed E-state index contributed by atoms with van der Waals surface area (Å²) in [6.07, 6.45) is 1.13. The van der Waals surface area contributed by atoms with Gasteiger partial charge in [-0.05, 0) is 24.6 Å². The molecule has 0 bridgehead atoms. The number of anilines is 2. The monoisotopic (exact) mass is 226 g/mol. The Balaban J connectivity index is 1.92. The molecule has 0 amide bonds. The number of nitrogens with one attached hydrogen (secondary N) is 1. The number of ether oxygens (including phenoxy) is 1. The van der Waals surface area contributed by atoms with Crippen molar-refractivity contribution in [3.63, 3.8) is 0 Å². The largest absolute Gasteiger partial charge is 0.397 e. The summed E-state index contributed by atoms with van der Waals surface area (Å²) >= 11 is 5.82. The normalized spacial score (nSPS) is 20.5. The van der Waals surface area contributed by atoms with E-state index in [-0.39, 0.29) is 0 Å². The Bertz CT molecular complexity index is 337. The van der Waals surface area contributed by atoms with Crippen molar-refractivity contribution in [1.82, 2.24) is 0 Å². The molecular formula is C11H15ClN2O. The highest BCUT2D eigenvalue weighted by atomic mass is 35.5. The van der Waals surface area contributed by atoms with Crippen LogP contribution >= 0.6 is 11.6 Å². The molecule has 1 aliphatic heterocycles. The Morgan fingerprint density at radius 1 is 1.53 bits per heavy atom. The van der Waals surface area contributed by atoms with Crippen molar-refractivity contribution in [2.45, 2.75) is 6.42 Å². The summed E-state index contributed by atoms with van der Waals surface area (Å²) in [4.78, 5) is 0. The fourth-order valence-corrected chi connectivity index (χ4v) is 1.87. The van der Waals surface area contributed by atoms with E-state index >= 15 is 0 Å². The van der Waals surface area contributed by atoms with Gasteiger partial charge in [0.05, 0.1) is 18.0 Å². The van der Waals surface area contributed by atoms with E-state index in [9.17, 15) is 0 Å². The van der Waals surface area contributed by atoms with E-state index in [0.717, 1.165) is 31.9 Å². The van der Waals surface area contributed by atoms with Crippen LogP contribution in [0.15, 0.2) is 18.2 Å². The molecule has 15 heavy (non-hydrogen) atoms. The molecule has 1 atom stereocenters. The zero-order valence-corrected chi connectivity index (χ0v) is 9.26. The van der Waals surface area contributed by atoms with E-state index in [0.29, 0.717) is 16.6 Å². The van der Waals surface area contributed by atoms with Gasteiger partial charge in [-0.25, -0.2) is 0 Å². The first kappa shape index (κ1) is 10.6. The summed E-state index contributed by atoms with van der Waals surface area (Å²) in [5.41, 5.74) is 7.47. The van der Waals surface area contributed by atoms with Crippen molar-refractivity contribution in [2.24, 2.45) is 5.92 Å². The van der Waals surface area contributed by atoms with Gasteiger partial charge in [0.1, 0.15) is 0 Å². The Morgan fingerprint density at radius 2 is 2.40 bits per heavy atom. The molecule has 3 nitrogen and oxygen atoms in total. The van der Waals surface area contributed by atoms with Gasteiger partial charge in [-0.15, -0.1) is 0 Å². The Labute approximate surface area is 94.6 Å². The Morgan fingerprint density at radius 3 is 3.07 bits per heavy atom. The molecular weight excluding hydrogens is 212 g/mol. The fraction of sp³-hybridized carbons (Fsp3) is 0.455. The van der Waals surface area contributed by atoms with Crippen molar-refractivity contribution >= 4 is 23.0 Å². The van der Waals surface area contributed by atoms with Crippen LogP contribution in [0.2, 0.25) is 5.02 Å². The SMILES string of the molecule is Nc1cc(Cl)ccc1NCC1CCOC1. The van der Waals surface area contributed by atoms with Crippen LogP contribution in [0.25, 0.3) is 0 Å². The zero-order valence-electron chi connectivity index (χ0n) is 8.50. The molecule has 82 valence electrons. The van der Waals surface area contributed by atoms with Crippen LogP contribution in [0, 0.1) is 5.92 Å². The molecule has 1 heterocycles. The minimum Gasteiger partial charge on any atom is -0.397 e. The summed E-state index contributed by atoms with van der Waals surface area (Å²) in [5.74, 6) is 0.597. The van der Waals surface area contributed by atoms with E-state index < -0.39 is 0 Å². The molecule has 1 unspecified atom stereocenters. The molecule has 1 fully saturated rings. The lowest BCUT2D eigenvalue weighted by molar-refractivity contribution is 0.187. The number of halogens is 1. The molecule has 0 aromatic heterocycles. The average Bonchev–Trinajstić information content (AvgIpc) is 2.69. The zero-order chi connectivity index (χ0) is 10.7. The highest BCUT2D eigenvalue weighted by Crippen LogP contribution is 2.23. The summed E-state index contributed by atoms with van der Waals surface area (Å²) in [5, 5.41) is 3.99. The Kier molecular flexibility index (Phi) is 3.34. The molecule has 0 aliphatic carbocycles. The van der Waals surface area contributed by atoms with Crippen molar-refractivity contribution in [2.75, 3.05) is 30.8 Å². The maximum atomic E-state index is 5.83. The van der Waals surface area contributed by atoms with Crippen molar-refractivity contribution < 1.29 is 4.74 Å². The van der Waals surface area contributed by atoms with Gasteiger partial charge in [0, 0.05) is 24.1 Å². The second-order valence-electron chi connectivity index (χ2n) is 3.84. The number of benzene rings is 1. The number of rotatable bonds is 3. The number of hydrogen-bond donors (Lipinski definition) is 2. The molecule has 0 saturated carbocycles. The summed E-state index contributed by atoms with van der Waals surface area (Å²) < 4.78 is 5.30. The lowest BCUT2D eigenvalue weighted by atomic mass is 10.1. The van der Waals surface area contributed by atoms with Gasteiger partial charge >= 0.3 is 0 Å². The van der Waals surface area contributed by atoms with Crippen LogP contribution in [0.1, 0.15) is 6.42 Å². The first-order valence-electron chi connectivity index (χ1n) is 5.12. The third-order valence-corrected chi connectivity index (χ3v) is 2.85. The molecule has 0 radical (unpaired) electrons. The predicted molar refractivity (Wildman–Crippen MR) is 63.3 cm³/mol. The quantitative estimate of drug-likeness (QED) is 0.778. The van der Waals surface area contributed by atoms with E-state index in [1.807, 2.05) is 12.1 Å². The van der Waals surface area contributed by atoms with Gasteiger partial charge in [-0.1, -0.05) is 11.6 Å². The first-order chi connectivity index (χ1) is 7.25. The lowest BCUT2D eigenvalue weighted by Crippen LogP contribution is -2.14. The van der Waals surface area contributed by atoms with Crippen molar-refractivity contribution in [1.29, 1.82) is 0 Å². The van der Waals surface area contributed by atoms with Crippen LogP contribution in [0.5, 0.6) is 0 Å². The molecule has 3 N–H and O–H groups in total. The molecule has 1 aromatic carbocycles. The van der Waals surface area contributed by atoms with Gasteiger partial charge in [0.2, 0.25) is 0 Å². The smallest absolute Gasteiger partial charge is 0.0575 e. The standard InChI is InChI=1S/C11H15ClN2O/c12-9-1-2-11(10(13)5-9)14-6-8-3-4-15-7-8/h1-2,5,8,14H,3-4,6-7,13H2. The van der Waals surface area contributed by atoms with Gasteiger partial charge in [-0.3, -0.25) is 0 Å². The molecule has 1 aromatic rings. The highest BCUT2D eigenvalue weighted by Gasteiger charge is 2.15. The lowest BCUT2D eigenvalue weighted by Gasteiger charge is -2.12. The van der Waals surface area contributed by atoms with Gasteiger partial charge in [-0.2, -0.15) is 0 Å². The van der Waals surface area contributed by atoms with E-state index in [2.05, 4.69) is 5.32 Å². The number of nitrogen functional groups attached to an aromatic ring is 1. The van der Waals surface area contributed by atoms with E-state index in [1.54, 1.807) is 6.07 Å². The van der Waals surface area contributed by atoms with Gasteiger partial charge < -0.3 is 15.8 Å². The highest BCUT2D eigenvalue weighted by molar-refractivity contribution is 6.31. The Hall–Kier alpha value is -0.930. The van der Waals surface area contributed by atoms with Crippen LogP contribution < -0.4 is 11.1 Å². The minimum atomic E-state index is 0.597. The molecule has 2 rings (SSSR count). The van der Waals surface area contributed by atoms with Gasteiger partial charge in [0.15, 0.2) is 0 Å².